The van der Waals surface area contributed by atoms with Crippen molar-refractivity contribution in [3.63, 3.8) is 0 Å². The van der Waals surface area contributed by atoms with Crippen LogP contribution < -0.4 is 5.32 Å². The molecule has 24 heavy (non-hydrogen) atoms. The molecule has 1 N–H and O–H groups in total. The molecule has 7 heteroatoms. The highest BCUT2D eigenvalue weighted by molar-refractivity contribution is 8.17. The molecule has 0 radical (unpaired) electrons. The molecule has 2 aliphatic heterocycles. The van der Waals surface area contributed by atoms with Crippen molar-refractivity contribution in [1.29, 1.82) is 0 Å². The predicted octanol–water partition coefficient (Wildman–Crippen LogP) is 2.16. The number of carbonyl (C=O) groups is 2. The van der Waals surface area contributed by atoms with E-state index in [2.05, 4.69) is 22.1 Å². The number of likely N-dealkylation sites (tertiary alicyclic amines) is 1. The molecule has 6 nitrogen and oxygen atoms in total. The molecule has 1 amide bonds. The average Bonchev–Trinajstić information content (AvgIpc) is 2.76. The summed E-state index contributed by atoms with van der Waals surface area (Å²) in [5.74, 6) is -0.116. The standard InChI is InChI=1S/C17H27N3O3S/c1-4-23-16(22)14-6-5-8-20(9-7-14)11-15-12(2)10-18-17(24-15)19-13(3)21/h14H,4-11H2,1-3H3,(H,18,19,21). The second kappa shape index (κ2) is 9.22. The van der Waals surface area contributed by atoms with Gasteiger partial charge in [-0.25, -0.2) is 0 Å². The Labute approximate surface area is 148 Å². The molecule has 1 fully saturated rings. The van der Waals surface area contributed by atoms with Gasteiger partial charge in [0.15, 0.2) is 5.17 Å². The van der Waals surface area contributed by atoms with Gasteiger partial charge in [0.1, 0.15) is 0 Å². The fourth-order valence-electron chi connectivity index (χ4n) is 2.91. The van der Waals surface area contributed by atoms with Gasteiger partial charge in [-0.05, 0) is 51.8 Å². The van der Waals surface area contributed by atoms with E-state index in [0.29, 0.717) is 18.3 Å². The number of hydrogen-bond donors (Lipinski definition) is 1. The highest BCUT2D eigenvalue weighted by Gasteiger charge is 2.25. The van der Waals surface area contributed by atoms with Gasteiger partial charge in [0.05, 0.1) is 19.1 Å². The van der Waals surface area contributed by atoms with Crippen LogP contribution in [0.15, 0.2) is 15.5 Å². The summed E-state index contributed by atoms with van der Waals surface area (Å²) in [4.78, 5) is 31.2. The molecule has 0 spiro atoms. The van der Waals surface area contributed by atoms with Gasteiger partial charge in [0, 0.05) is 18.4 Å². The minimum absolute atomic E-state index is 0.0283. The largest absolute Gasteiger partial charge is 0.466 e. The van der Waals surface area contributed by atoms with Gasteiger partial charge in [-0.1, -0.05) is 11.8 Å². The molecule has 134 valence electrons. The van der Waals surface area contributed by atoms with Crippen molar-refractivity contribution in [2.45, 2.75) is 40.0 Å². The molecule has 2 heterocycles. The summed E-state index contributed by atoms with van der Waals surface area (Å²) in [5.41, 5.74) is 1.25. The van der Waals surface area contributed by atoms with E-state index < -0.39 is 0 Å². The summed E-state index contributed by atoms with van der Waals surface area (Å²) in [6, 6.07) is 0. The number of nitrogens with zero attached hydrogens (tertiary/aromatic N) is 2. The van der Waals surface area contributed by atoms with E-state index in [-0.39, 0.29) is 17.8 Å². The lowest BCUT2D eigenvalue weighted by Gasteiger charge is -2.25. The van der Waals surface area contributed by atoms with E-state index >= 15 is 0 Å². The van der Waals surface area contributed by atoms with Crippen molar-refractivity contribution in [3.8, 4) is 0 Å². The van der Waals surface area contributed by atoms with Crippen LogP contribution in [0.25, 0.3) is 0 Å². The lowest BCUT2D eigenvalue weighted by Crippen LogP contribution is -2.31. The molecule has 0 aromatic rings. The van der Waals surface area contributed by atoms with E-state index in [1.165, 1.54) is 17.4 Å². The maximum atomic E-state index is 11.9. The van der Waals surface area contributed by atoms with Crippen LogP contribution in [0.2, 0.25) is 0 Å². The van der Waals surface area contributed by atoms with Crippen molar-refractivity contribution in [2.24, 2.45) is 10.9 Å². The van der Waals surface area contributed by atoms with Crippen LogP contribution in [-0.4, -0.2) is 54.7 Å². The third-order valence-corrected chi connectivity index (χ3v) is 5.40. The Kier molecular flexibility index (Phi) is 7.30. The van der Waals surface area contributed by atoms with Crippen LogP contribution in [0.5, 0.6) is 0 Å². The number of thioether (sulfide) groups is 1. The first-order chi connectivity index (χ1) is 11.5. The maximum Gasteiger partial charge on any atom is 0.308 e. The number of ether oxygens (including phenoxy) is 1. The number of carbonyl (C=O) groups excluding carboxylic acids is 2. The van der Waals surface area contributed by atoms with Crippen molar-refractivity contribution in [2.75, 3.05) is 32.8 Å². The summed E-state index contributed by atoms with van der Waals surface area (Å²) < 4.78 is 5.16. The average molecular weight is 353 g/mol. The summed E-state index contributed by atoms with van der Waals surface area (Å²) in [5, 5.41) is 3.46. The molecule has 1 atom stereocenters. The number of amidine groups is 1. The van der Waals surface area contributed by atoms with Crippen LogP contribution in [0.3, 0.4) is 0 Å². The zero-order valence-electron chi connectivity index (χ0n) is 14.8. The molecule has 0 bridgehead atoms. The molecule has 2 rings (SSSR count). The highest BCUT2D eigenvalue weighted by atomic mass is 32.2. The smallest absolute Gasteiger partial charge is 0.308 e. The normalized spacial score (nSPS) is 22.6. The third kappa shape index (κ3) is 5.63. The Hall–Kier alpha value is -1.34. The van der Waals surface area contributed by atoms with Gasteiger partial charge in [-0.2, -0.15) is 0 Å². The van der Waals surface area contributed by atoms with Crippen molar-refractivity contribution >= 4 is 28.8 Å². The Morgan fingerprint density at radius 3 is 2.88 bits per heavy atom. The molecule has 1 unspecified atom stereocenters. The van der Waals surface area contributed by atoms with Crippen LogP contribution in [0, 0.1) is 5.92 Å². The Morgan fingerprint density at radius 1 is 1.38 bits per heavy atom. The molecule has 2 aliphatic rings. The topological polar surface area (TPSA) is 71.0 Å². The van der Waals surface area contributed by atoms with E-state index in [1.54, 1.807) is 11.8 Å². The number of nitrogens with one attached hydrogen (secondary N) is 1. The Balaban J connectivity index is 1.89. The minimum atomic E-state index is -0.0906. The van der Waals surface area contributed by atoms with Gasteiger partial charge >= 0.3 is 5.97 Å². The number of amides is 1. The Morgan fingerprint density at radius 2 is 2.17 bits per heavy atom. The van der Waals surface area contributed by atoms with Crippen molar-refractivity contribution in [3.05, 3.63) is 10.5 Å². The number of aliphatic imine (C=N–C) groups is 1. The van der Waals surface area contributed by atoms with Gasteiger partial charge in [0.25, 0.3) is 0 Å². The number of rotatable bonds is 4. The Bertz CT molecular complexity index is 545. The quantitative estimate of drug-likeness (QED) is 0.784. The van der Waals surface area contributed by atoms with E-state index in [0.717, 1.165) is 38.9 Å². The van der Waals surface area contributed by atoms with Gasteiger partial charge in [-0.15, -0.1) is 0 Å². The fourth-order valence-corrected chi connectivity index (χ4v) is 3.95. The lowest BCUT2D eigenvalue weighted by molar-refractivity contribution is -0.148. The second-order valence-corrected chi connectivity index (χ2v) is 7.35. The lowest BCUT2D eigenvalue weighted by atomic mass is 10.0. The van der Waals surface area contributed by atoms with Gasteiger partial charge in [0.2, 0.25) is 5.91 Å². The maximum absolute atomic E-state index is 11.9. The van der Waals surface area contributed by atoms with Crippen molar-refractivity contribution in [1.82, 2.24) is 10.2 Å². The van der Waals surface area contributed by atoms with E-state index in [4.69, 9.17) is 4.74 Å². The number of esters is 1. The molecule has 1 saturated heterocycles. The molecule has 0 aliphatic carbocycles. The minimum Gasteiger partial charge on any atom is -0.466 e. The zero-order valence-corrected chi connectivity index (χ0v) is 15.6. The highest BCUT2D eigenvalue weighted by Crippen LogP contribution is 2.28. The first kappa shape index (κ1) is 19.0. The summed E-state index contributed by atoms with van der Waals surface area (Å²) >= 11 is 1.55. The van der Waals surface area contributed by atoms with Gasteiger partial charge < -0.3 is 10.1 Å². The summed E-state index contributed by atoms with van der Waals surface area (Å²) in [6.45, 7) is 9.26. The van der Waals surface area contributed by atoms with Crippen LogP contribution >= 0.6 is 11.8 Å². The van der Waals surface area contributed by atoms with E-state index in [9.17, 15) is 9.59 Å². The zero-order chi connectivity index (χ0) is 17.5. The molecule has 0 aromatic heterocycles. The van der Waals surface area contributed by atoms with Gasteiger partial charge in [-0.3, -0.25) is 19.5 Å². The summed E-state index contributed by atoms with van der Waals surface area (Å²) in [7, 11) is 0. The van der Waals surface area contributed by atoms with Crippen molar-refractivity contribution < 1.29 is 14.3 Å². The van der Waals surface area contributed by atoms with Crippen LogP contribution in [0.1, 0.15) is 40.0 Å². The summed E-state index contributed by atoms with van der Waals surface area (Å²) in [6.07, 6.45) is 2.76. The molecular formula is C17H27N3O3S. The van der Waals surface area contributed by atoms with E-state index in [1.807, 2.05) is 6.92 Å². The first-order valence-electron chi connectivity index (χ1n) is 8.57. The molecular weight excluding hydrogens is 326 g/mol. The van der Waals surface area contributed by atoms with Crippen LogP contribution in [-0.2, 0) is 14.3 Å². The SMILES string of the molecule is CCOC(=O)C1CCCN(CC2=C(C)CN=C(NC(C)=O)S2)CC1. The van der Waals surface area contributed by atoms with Crippen LogP contribution in [0.4, 0.5) is 0 Å². The molecule has 0 aromatic carbocycles. The third-order valence-electron chi connectivity index (χ3n) is 4.25. The monoisotopic (exact) mass is 353 g/mol. The first-order valence-corrected chi connectivity index (χ1v) is 9.38. The number of hydrogen-bond acceptors (Lipinski definition) is 6. The fraction of sp³-hybridized carbons (Fsp3) is 0.706. The predicted molar refractivity (Wildman–Crippen MR) is 96.8 cm³/mol. The molecule has 0 saturated carbocycles. The second-order valence-electron chi connectivity index (χ2n) is 6.26.